The van der Waals surface area contributed by atoms with Gasteiger partial charge in [-0.15, -0.1) is 0 Å². The summed E-state index contributed by atoms with van der Waals surface area (Å²) in [6.07, 6.45) is 11.0. The minimum Gasteiger partial charge on any atom is -0.256 e. The highest BCUT2D eigenvalue weighted by Gasteiger charge is 2.08. The number of hydrogen-bond acceptors (Lipinski definition) is 1. The maximum atomic E-state index is 4.65. The third kappa shape index (κ3) is 2.33. The fourth-order valence-corrected chi connectivity index (χ4v) is 2.66. The van der Waals surface area contributed by atoms with Crippen molar-refractivity contribution in [3.05, 3.63) is 59.9 Å². The molecule has 1 aromatic carbocycles. The van der Waals surface area contributed by atoms with Crippen LogP contribution in [0.5, 0.6) is 0 Å². The first-order valence-corrected chi connectivity index (χ1v) is 7.01. The number of benzene rings is 1. The standard InChI is InChI=1S/C18H19N/c1-13(2)16-10-6-9-15-11-18(19-12-17(15)16)14-7-4-3-5-8-14/h4,6-13H,3,5H2,1-2H3. The molecule has 96 valence electrons. The Hall–Kier alpha value is -1.89. The smallest absolute Gasteiger partial charge is 0.0705 e. The minimum atomic E-state index is 0.533. The van der Waals surface area contributed by atoms with Crippen LogP contribution in [0.25, 0.3) is 16.3 Å². The van der Waals surface area contributed by atoms with E-state index in [0.29, 0.717) is 5.92 Å². The predicted octanol–water partition coefficient (Wildman–Crippen LogP) is 5.09. The molecule has 0 amide bonds. The Kier molecular flexibility index (Phi) is 3.20. The Balaban J connectivity index is 2.12. The van der Waals surface area contributed by atoms with Crippen molar-refractivity contribution in [3.63, 3.8) is 0 Å². The van der Waals surface area contributed by atoms with Gasteiger partial charge in [0, 0.05) is 11.6 Å². The minimum absolute atomic E-state index is 0.533. The molecule has 1 heteroatoms. The fourth-order valence-electron chi connectivity index (χ4n) is 2.66. The molecule has 0 radical (unpaired) electrons. The molecule has 2 aromatic rings. The molecule has 3 rings (SSSR count). The number of nitrogens with zero attached hydrogens (tertiary/aromatic N) is 1. The highest BCUT2D eigenvalue weighted by molar-refractivity contribution is 5.88. The summed E-state index contributed by atoms with van der Waals surface area (Å²) < 4.78 is 0. The van der Waals surface area contributed by atoms with Gasteiger partial charge in [-0.25, -0.2) is 0 Å². The average molecular weight is 249 g/mol. The lowest BCUT2D eigenvalue weighted by atomic mass is 9.96. The molecule has 0 unspecified atom stereocenters. The van der Waals surface area contributed by atoms with Crippen molar-refractivity contribution in [2.45, 2.75) is 32.6 Å². The molecule has 0 saturated carbocycles. The average Bonchev–Trinajstić information content (AvgIpc) is 2.47. The number of pyridine rings is 1. The summed E-state index contributed by atoms with van der Waals surface area (Å²) >= 11 is 0. The van der Waals surface area contributed by atoms with Crippen LogP contribution in [-0.4, -0.2) is 4.98 Å². The van der Waals surface area contributed by atoms with Crippen molar-refractivity contribution in [2.24, 2.45) is 0 Å². The number of hydrogen-bond donors (Lipinski definition) is 0. The zero-order chi connectivity index (χ0) is 13.2. The monoisotopic (exact) mass is 249 g/mol. The van der Waals surface area contributed by atoms with Gasteiger partial charge in [0.15, 0.2) is 0 Å². The first kappa shape index (κ1) is 12.2. The van der Waals surface area contributed by atoms with E-state index in [2.05, 4.69) is 61.3 Å². The van der Waals surface area contributed by atoms with Gasteiger partial charge < -0.3 is 0 Å². The quantitative estimate of drug-likeness (QED) is 0.722. The van der Waals surface area contributed by atoms with E-state index >= 15 is 0 Å². The van der Waals surface area contributed by atoms with Crippen LogP contribution in [0.2, 0.25) is 0 Å². The third-order valence-corrected chi connectivity index (χ3v) is 3.71. The number of fused-ring (bicyclic) bond motifs is 1. The molecule has 1 aliphatic rings. The van der Waals surface area contributed by atoms with Gasteiger partial charge in [-0.2, -0.15) is 0 Å². The highest BCUT2D eigenvalue weighted by atomic mass is 14.7. The van der Waals surface area contributed by atoms with E-state index in [1.807, 2.05) is 6.20 Å². The van der Waals surface area contributed by atoms with E-state index in [0.717, 1.165) is 18.5 Å². The Bertz CT molecular complexity index is 662. The zero-order valence-corrected chi connectivity index (χ0v) is 11.6. The topological polar surface area (TPSA) is 12.9 Å². The summed E-state index contributed by atoms with van der Waals surface area (Å²) in [4.78, 5) is 4.65. The second-order valence-electron chi connectivity index (χ2n) is 5.43. The van der Waals surface area contributed by atoms with Gasteiger partial charge in [0.2, 0.25) is 0 Å². The summed E-state index contributed by atoms with van der Waals surface area (Å²) in [5, 5.41) is 2.57. The third-order valence-electron chi connectivity index (χ3n) is 3.71. The second-order valence-corrected chi connectivity index (χ2v) is 5.43. The maximum Gasteiger partial charge on any atom is 0.0705 e. The molecular formula is C18H19N. The van der Waals surface area contributed by atoms with Crippen molar-refractivity contribution in [1.29, 1.82) is 0 Å². The van der Waals surface area contributed by atoms with Crippen LogP contribution in [0.15, 0.2) is 48.7 Å². The van der Waals surface area contributed by atoms with Gasteiger partial charge in [-0.1, -0.05) is 50.3 Å². The van der Waals surface area contributed by atoms with Crippen LogP contribution in [0.1, 0.15) is 43.9 Å². The molecule has 1 nitrogen and oxygen atoms in total. The Morgan fingerprint density at radius 2 is 2.05 bits per heavy atom. The lowest BCUT2D eigenvalue weighted by Gasteiger charge is -2.12. The van der Waals surface area contributed by atoms with Crippen LogP contribution < -0.4 is 0 Å². The fraction of sp³-hybridized carbons (Fsp3) is 0.278. The Morgan fingerprint density at radius 3 is 2.79 bits per heavy atom. The molecule has 0 aliphatic heterocycles. The molecular weight excluding hydrogens is 230 g/mol. The molecule has 0 N–H and O–H groups in total. The first-order valence-electron chi connectivity index (χ1n) is 7.01. The molecule has 0 atom stereocenters. The van der Waals surface area contributed by atoms with E-state index in [9.17, 15) is 0 Å². The number of rotatable bonds is 2. The van der Waals surface area contributed by atoms with Crippen LogP contribution in [-0.2, 0) is 0 Å². The molecule has 0 saturated heterocycles. The summed E-state index contributed by atoms with van der Waals surface area (Å²) in [6.45, 7) is 4.46. The van der Waals surface area contributed by atoms with Crippen molar-refractivity contribution < 1.29 is 0 Å². The number of aromatic nitrogens is 1. The van der Waals surface area contributed by atoms with Gasteiger partial charge in [0.05, 0.1) is 5.69 Å². The van der Waals surface area contributed by atoms with Crippen LogP contribution >= 0.6 is 0 Å². The lowest BCUT2D eigenvalue weighted by Crippen LogP contribution is -1.94. The molecule has 0 spiro atoms. The zero-order valence-electron chi connectivity index (χ0n) is 11.6. The van der Waals surface area contributed by atoms with Crippen molar-refractivity contribution in [3.8, 4) is 0 Å². The van der Waals surface area contributed by atoms with E-state index in [-0.39, 0.29) is 0 Å². The predicted molar refractivity (Wildman–Crippen MR) is 82.2 cm³/mol. The van der Waals surface area contributed by atoms with E-state index in [4.69, 9.17) is 0 Å². The molecule has 0 bridgehead atoms. The van der Waals surface area contributed by atoms with E-state index in [1.54, 1.807) is 0 Å². The molecule has 0 fully saturated rings. The van der Waals surface area contributed by atoms with Gasteiger partial charge in [-0.05, 0) is 41.3 Å². The summed E-state index contributed by atoms with van der Waals surface area (Å²) in [5.74, 6) is 0.533. The Labute approximate surface area is 114 Å². The molecule has 1 heterocycles. The number of allylic oxidation sites excluding steroid dienone is 4. The van der Waals surface area contributed by atoms with Gasteiger partial charge in [0.1, 0.15) is 0 Å². The van der Waals surface area contributed by atoms with Gasteiger partial charge in [0.25, 0.3) is 0 Å². The van der Waals surface area contributed by atoms with Crippen molar-refractivity contribution in [1.82, 2.24) is 4.98 Å². The largest absolute Gasteiger partial charge is 0.256 e. The summed E-state index contributed by atoms with van der Waals surface area (Å²) in [5.41, 5.74) is 3.72. The van der Waals surface area contributed by atoms with E-state index < -0.39 is 0 Å². The highest BCUT2D eigenvalue weighted by Crippen LogP contribution is 2.27. The van der Waals surface area contributed by atoms with Crippen LogP contribution in [0.4, 0.5) is 0 Å². The SMILES string of the molecule is CC(C)c1cccc2cc(C3=CCCC=C3)ncc12. The lowest BCUT2D eigenvalue weighted by molar-refractivity contribution is 0.875. The summed E-state index contributed by atoms with van der Waals surface area (Å²) in [6, 6.07) is 8.74. The van der Waals surface area contributed by atoms with Gasteiger partial charge >= 0.3 is 0 Å². The maximum absolute atomic E-state index is 4.65. The van der Waals surface area contributed by atoms with Crippen LogP contribution in [0.3, 0.4) is 0 Å². The van der Waals surface area contributed by atoms with E-state index in [1.165, 1.54) is 21.9 Å². The second kappa shape index (κ2) is 5.00. The van der Waals surface area contributed by atoms with Crippen molar-refractivity contribution in [2.75, 3.05) is 0 Å². The first-order chi connectivity index (χ1) is 9.25. The summed E-state index contributed by atoms with van der Waals surface area (Å²) in [7, 11) is 0. The van der Waals surface area contributed by atoms with Gasteiger partial charge in [-0.3, -0.25) is 4.98 Å². The molecule has 1 aromatic heterocycles. The molecule has 19 heavy (non-hydrogen) atoms. The van der Waals surface area contributed by atoms with Crippen LogP contribution in [0, 0.1) is 0 Å². The normalized spacial score (nSPS) is 15.0. The Morgan fingerprint density at radius 1 is 1.16 bits per heavy atom. The molecule has 1 aliphatic carbocycles. The van der Waals surface area contributed by atoms with Crippen molar-refractivity contribution >= 4 is 16.3 Å².